The van der Waals surface area contributed by atoms with Crippen LogP contribution < -0.4 is 14.9 Å². The van der Waals surface area contributed by atoms with Gasteiger partial charge in [0.05, 0.1) is 24.0 Å². The van der Waals surface area contributed by atoms with Crippen LogP contribution in [0.15, 0.2) is 24.3 Å². The number of carbonyl (C=O) groups excluding carboxylic acids is 1. The second-order valence-corrected chi connectivity index (χ2v) is 7.78. The van der Waals surface area contributed by atoms with Gasteiger partial charge in [0.15, 0.2) is 0 Å². The lowest BCUT2D eigenvalue weighted by atomic mass is 10.2. The average molecular weight is 345 g/mol. The number of nitrogens with zero attached hydrogens (tertiary/aromatic N) is 1. The van der Waals surface area contributed by atoms with Crippen LogP contribution in [0.5, 0.6) is 0 Å². The van der Waals surface area contributed by atoms with Crippen molar-refractivity contribution in [1.82, 2.24) is 5.32 Å². The van der Waals surface area contributed by atoms with E-state index < -0.39 is 40.9 Å². The molecule has 0 bridgehead atoms. The molecule has 2 aliphatic rings. The Hall–Kier alpha value is -1.74. The summed E-state index contributed by atoms with van der Waals surface area (Å²) in [4.78, 5) is 11.9. The van der Waals surface area contributed by atoms with Crippen LogP contribution in [-0.4, -0.2) is 45.1 Å². The molecule has 2 heterocycles. The fraction of sp³-hybridized carbons (Fsp3) is 0.500. The highest BCUT2D eigenvalue weighted by molar-refractivity contribution is 7.93. The number of hydrogen-bond acceptors (Lipinski definition) is 4. The van der Waals surface area contributed by atoms with E-state index in [1.807, 2.05) is 0 Å². The summed E-state index contributed by atoms with van der Waals surface area (Å²) in [5, 5.41) is 5.04. The minimum absolute atomic E-state index is 0.132. The zero-order chi connectivity index (χ0) is 16.7. The van der Waals surface area contributed by atoms with Gasteiger partial charge in [-0.1, -0.05) is 0 Å². The first-order valence-corrected chi connectivity index (χ1v) is 8.90. The minimum Gasteiger partial charge on any atom is -0.325 e. The Labute approximate surface area is 132 Å². The third kappa shape index (κ3) is 3.45. The quantitative estimate of drug-likeness (QED) is 0.862. The molecule has 2 aliphatic heterocycles. The smallest absolute Gasteiger partial charge is 0.262 e. The maximum absolute atomic E-state index is 13.1. The van der Waals surface area contributed by atoms with Gasteiger partial charge in [0.2, 0.25) is 15.9 Å². The minimum atomic E-state index is -3.25. The first kappa shape index (κ1) is 16.1. The normalized spacial score (nSPS) is 25.5. The van der Waals surface area contributed by atoms with Crippen LogP contribution in [0, 0.1) is 0 Å². The van der Waals surface area contributed by atoms with Gasteiger partial charge in [-0.25, -0.2) is 17.2 Å². The average Bonchev–Trinajstić information content (AvgIpc) is 3.01. The number of halogens is 2. The van der Waals surface area contributed by atoms with Crippen LogP contribution in [-0.2, 0) is 14.8 Å². The van der Waals surface area contributed by atoms with Crippen molar-refractivity contribution in [3.63, 3.8) is 0 Å². The van der Waals surface area contributed by atoms with E-state index in [2.05, 4.69) is 10.6 Å². The summed E-state index contributed by atoms with van der Waals surface area (Å²) >= 11 is 0. The molecule has 0 spiro atoms. The summed E-state index contributed by atoms with van der Waals surface area (Å²) in [6.07, 6.45) is 0.0608. The first-order valence-electron chi connectivity index (χ1n) is 7.29. The van der Waals surface area contributed by atoms with Gasteiger partial charge in [0, 0.05) is 18.7 Å². The van der Waals surface area contributed by atoms with Crippen molar-refractivity contribution in [2.45, 2.75) is 24.8 Å². The summed E-state index contributed by atoms with van der Waals surface area (Å²) in [7, 11) is -3.25. The van der Waals surface area contributed by atoms with Crippen molar-refractivity contribution >= 4 is 27.3 Å². The second kappa shape index (κ2) is 5.72. The number of nitrogens with one attached hydrogen (secondary N) is 2. The van der Waals surface area contributed by atoms with E-state index in [0.717, 1.165) is 0 Å². The maximum Gasteiger partial charge on any atom is 0.262 e. The predicted octanol–water partition coefficient (Wildman–Crippen LogP) is 1.16. The molecule has 23 heavy (non-hydrogen) atoms. The van der Waals surface area contributed by atoms with E-state index in [1.54, 1.807) is 24.3 Å². The molecule has 0 aromatic heterocycles. The van der Waals surface area contributed by atoms with E-state index in [0.29, 0.717) is 24.3 Å². The number of sulfonamides is 1. The molecule has 0 aliphatic carbocycles. The van der Waals surface area contributed by atoms with Crippen LogP contribution >= 0.6 is 0 Å². The lowest BCUT2D eigenvalue weighted by Gasteiger charge is -2.17. The third-order valence-electron chi connectivity index (χ3n) is 3.95. The van der Waals surface area contributed by atoms with E-state index in [4.69, 9.17) is 0 Å². The number of amides is 1. The van der Waals surface area contributed by atoms with Gasteiger partial charge in [0.1, 0.15) is 0 Å². The summed E-state index contributed by atoms with van der Waals surface area (Å²) in [6.45, 7) is -0.0635. The first-order chi connectivity index (χ1) is 10.8. The second-order valence-electron chi connectivity index (χ2n) is 5.77. The van der Waals surface area contributed by atoms with Crippen molar-refractivity contribution in [2.75, 3.05) is 28.5 Å². The summed E-state index contributed by atoms with van der Waals surface area (Å²) in [6, 6.07) is 5.38. The maximum atomic E-state index is 13.1. The lowest BCUT2D eigenvalue weighted by Crippen LogP contribution is -2.35. The molecule has 126 valence electrons. The zero-order valence-corrected chi connectivity index (χ0v) is 13.1. The van der Waals surface area contributed by atoms with Gasteiger partial charge in [-0.15, -0.1) is 0 Å². The van der Waals surface area contributed by atoms with Crippen molar-refractivity contribution < 1.29 is 22.0 Å². The van der Waals surface area contributed by atoms with Crippen molar-refractivity contribution in [3.8, 4) is 0 Å². The molecule has 2 saturated heterocycles. The molecule has 9 heteroatoms. The number of anilines is 2. The fourth-order valence-corrected chi connectivity index (χ4v) is 4.34. The molecule has 0 saturated carbocycles. The van der Waals surface area contributed by atoms with Crippen LogP contribution in [0.25, 0.3) is 0 Å². The van der Waals surface area contributed by atoms with E-state index in [1.165, 1.54) is 4.31 Å². The molecule has 1 aromatic rings. The van der Waals surface area contributed by atoms with Crippen molar-refractivity contribution in [3.05, 3.63) is 24.3 Å². The summed E-state index contributed by atoms with van der Waals surface area (Å²) in [5.74, 6) is -3.26. The lowest BCUT2D eigenvalue weighted by molar-refractivity contribution is -0.118. The van der Waals surface area contributed by atoms with Crippen LogP contribution in [0.2, 0.25) is 0 Å². The Morgan fingerprint density at radius 3 is 2.52 bits per heavy atom. The van der Waals surface area contributed by atoms with E-state index in [9.17, 15) is 22.0 Å². The molecule has 0 radical (unpaired) electrons. The SMILES string of the molecule is O=C(Nc1ccc(N2CCCS2(=O)=O)cc1)C1CC(F)(F)CN1. The van der Waals surface area contributed by atoms with Gasteiger partial charge in [-0.05, 0) is 30.7 Å². The van der Waals surface area contributed by atoms with Gasteiger partial charge in [-0.3, -0.25) is 14.4 Å². The molecular weight excluding hydrogens is 328 g/mol. The van der Waals surface area contributed by atoms with Crippen molar-refractivity contribution in [2.24, 2.45) is 0 Å². The van der Waals surface area contributed by atoms with Gasteiger partial charge < -0.3 is 5.32 Å². The molecule has 1 unspecified atom stereocenters. The number of carbonyl (C=O) groups is 1. The Bertz CT molecular complexity index is 706. The summed E-state index contributed by atoms with van der Waals surface area (Å²) in [5.41, 5.74) is 0.971. The third-order valence-corrected chi connectivity index (χ3v) is 5.82. The van der Waals surface area contributed by atoms with Gasteiger partial charge in [-0.2, -0.15) is 0 Å². The topological polar surface area (TPSA) is 78.5 Å². The zero-order valence-electron chi connectivity index (χ0n) is 12.3. The molecule has 1 atom stereocenters. The monoisotopic (exact) mass is 345 g/mol. The van der Waals surface area contributed by atoms with E-state index in [-0.39, 0.29) is 5.75 Å². The highest BCUT2D eigenvalue weighted by Crippen LogP contribution is 2.27. The van der Waals surface area contributed by atoms with Gasteiger partial charge >= 0.3 is 0 Å². The number of alkyl halides is 2. The van der Waals surface area contributed by atoms with Crippen LogP contribution in [0.1, 0.15) is 12.8 Å². The molecule has 1 amide bonds. The molecular formula is C14H17F2N3O3S. The Kier molecular flexibility index (Phi) is 4.01. The predicted molar refractivity (Wildman–Crippen MR) is 82.2 cm³/mol. The molecule has 3 rings (SSSR count). The Balaban J connectivity index is 1.65. The largest absolute Gasteiger partial charge is 0.325 e. The van der Waals surface area contributed by atoms with Crippen LogP contribution in [0.3, 0.4) is 0 Å². The fourth-order valence-electron chi connectivity index (χ4n) is 2.77. The number of hydrogen-bond donors (Lipinski definition) is 2. The molecule has 2 N–H and O–H groups in total. The Morgan fingerprint density at radius 2 is 2.00 bits per heavy atom. The standard InChI is InChI=1S/C14H17F2N3O3S/c15-14(16)8-12(17-9-14)13(20)18-10-2-4-11(5-3-10)19-6-1-7-23(19,21)22/h2-5,12,17H,1,6-9H2,(H,18,20). The van der Waals surface area contributed by atoms with E-state index >= 15 is 0 Å². The molecule has 2 fully saturated rings. The van der Waals surface area contributed by atoms with Crippen molar-refractivity contribution in [1.29, 1.82) is 0 Å². The highest BCUT2D eigenvalue weighted by atomic mass is 32.2. The number of benzene rings is 1. The highest BCUT2D eigenvalue weighted by Gasteiger charge is 2.42. The summed E-state index contributed by atoms with van der Waals surface area (Å²) < 4.78 is 51.2. The molecule has 6 nitrogen and oxygen atoms in total. The molecule has 1 aromatic carbocycles. The van der Waals surface area contributed by atoms with Crippen LogP contribution in [0.4, 0.5) is 20.2 Å². The number of rotatable bonds is 3. The van der Waals surface area contributed by atoms with Gasteiger partial charge in [0.25, 0.3) is 5.92 Å². The Morgan fingerprint density at radius 1 is 1.30 bits per heavy atom.